The Bertz CT molecular complexity index is 1080. The Morgan fingerprint density at radius 1 is 1.06 bits per heavy atom. The Balaban J connectivity index is 1.83. The van der Waals surface area contributed by atoms with Gasteiger partial charge in [0.1, 0.15) is 5.75 Å². The molecular formula is C27H29NO4. The Hall–Kier alpha value is -3.34. The highest BCUT2D eigenvalue weighted by atomic mass is 16.5. The minimum Gasteiger partial charge on any atom is -0.493 e. The number of ether oxygens (including phenoxy) is 2. The molecule has 0 aromatic heterocycles. The first kappa shape index (κ1) is 21.9. The van der Waals surface area contributed by atoms with E-state index in [9.17, 15) is 9.59 Å². The van der Waals surface area contributed by atoms with Crippen molar-refractivity contribution in [1.82, 2.24) is 5.32 Å². The Kier molecular flexibility index (Phi) is 6.45. The molecule has 0 saturated heterocycles. The second kappa shape index (κ2) is 9.43. The maximum atomic E-state index is 13.6. The summed E-state index contributed by atoms with van der Waals surface area (Å²) in [6.45, 7) is 4.48. The maximum absolute atomic E-state index is 13.6. The van der Waals surface area contributed by atoms with Gasteiger partial charge in [0.25, 0.3) is 0 Å². The van der Waals surface area contributed by atoms with Gasteiger partial charge in [0.05, 0.1) is 25.2 Å². The van der Waals surface area contributed by atoms with E-state index < -0.39 is 11.9 Å². The van der Waals surface area contributed by atoms with Crippen LogP contribution in [0.15, 0.2) is 77.1 Å². The van der Waals surface area contributed by atoms with Crippen molar-refractivity contribution < 1.29 is 19.1 Å². The van der Waals surface area contributed by atoms with Crippen molar-refractivity contribution in [1.29, 1.82) is 0 Å². The number of para-hydroxylation sites is 1. The molecular weight excluding hydrogens is 402 g/mol. The van der Waals surface area contributed by atoms with Gasteiger partial charge in [0.2, 0.25) is 0 Å². The van der Waals surface area contributed by atoms with Crippen LogP contribution in [0.5, 0.6) is 5.75 Å². The molecule has 1 aliphatic heterocycles. The average Bonchev–Trinajstić information content (AvgIpc) is 2.82. The number of Topliss-reactive ketones (excluding diaryl/α,β-unsaturated/α-hetero) is 1. The minimum absolute atomic E-state index is 0.0526. The van der Waals surface area contributed by atoms with Gasteiger partial charge in [-0.1, -0.05) is 55.5 Å². The van der Waals surface area contributed by atoms with E-state index in [4.69, 9.17) is 9.47 Å². The van der Waals surface area contributed by atoms with Crippen LogP contribution >= 0.6 is 0 Å². The third-order valence-electron chi connectivity index (χ3n) is 6.20. The van der Waals surface area contributed by atoms with E-state index in [1.807, 2.05) is 56.3 Å². The van der Waals surface area contributed by atoms with Crippen molar-refractivity contribution in [2.24, 2.45) is 0 Å². The van der Waals surface area contributed by atoms with Crippen molar-refractivity contribution in [3.8, 4) is 5.75 Å². The van der Waals surface area contributed by atoms with E-state index in [0.717, 1.165) is 23.2 Å². The number of nitrogens with one attached hydrogen (secondary N) is 1. The molecule has 2 atom stereocenters. The van der Waals surface area contributed by atoms with Crippen LogP contribution in [0, 0.1) is 0 Å². The highest BCUT2D eigenvalue weighted by Crippen LogP contribution is 2.47. The zero-order chi connectivity index (χ0) is 22.7. The predicted molar refractivity (Wildman–Crippen MR) is 123 cm³/mol. The summed E-state index contributed by atoms with van der Waals surface area (Å²) in [5.41, 5.74) is 4.68. The molecule has 5 heteroatoms. The highest BCUT2D eigenvalue weighted by molar-refractivity contribution is 6.04. The van der Waals surface area contributed by atoms with Gasteiger partial charge in [0, 0.05) is 29.0 Å². The van der Waals surface area contributed by atoms with Crippen molar-refractivity contribution in [3.05, 3.63) is 88.3 Å². The van der Waals surface area contributed by atoms with E-state index in [1.165, 1.54) is 7.11 Å². The molecule has 0 spiro atoms. The van der Waals surface area contributed by atoms with Crippen LogP contribution in [-0.4, -0.2) is 25.5 Å². The second-order valence-electron chi connectivity index (χ2n) is 8.31. The van der Waals surface area contributed by atoms with Crippen molar-refractivity contribution in [3.63, 3.8) is 0 Å². The summed E-state index contributed by atoms with van der Waals surface area (Å²) in [7, 11) is 1.37. The summed E-state index contributed by atoms with van der Waals surface area (Å²) >= 11 is 0. The fourth-order valence-corrected chi connectivity index (χ4v) is 4.75. The molecule has 2 aliphatic rings. The first-order valence-corrected chi connectivity index (χ1v) is 11.1. The van der Waals surface area contributed by atoms with Crippen molar-refractivity contribution >= 4 is 11.8 Å². The number of hydrogen-bond acceptors (Lipinski definition) is 5. The summed E-state index contributed by atoms with van der Waals surface area (Å²) < 4.78 is 11.1. The largest absolute Gasteiger partial charge is 0.493 e. The van der Waals surface area contributed by atoms with Crippen LogP contribution in [0.25, 0.3) is 0 Å². The molecule has 0 amide bonds. The number of carbonyl (C=O) groups is 2. The van der Waals surface area contributed by atoms with E-state index in [2.05, 4.69) is 17.4 Å². The number of dihydropyridines is 1. The van der Waals surface area contributed by atoms with Gasteiger partial charge >= 0.3 is 5.97 Å². The van der Waals surface area contributed by atoms with Crippen LogP contribution in [0.3, 0.4) is 0 Å². The van der Waals surface area contributed by atoms with Crippen LogP contribution in [0.2, 0.25) is 0 Å². The Morgan fingerprint density at radius 2 is 1.78 bits per heavy atom. The molecule has 166 valence electrons. The molecule has 32 heavy (non-hydrogen) atoms. The zero-order valence-electron chi connectivity index (χ0n) is 18.8. The van der Waals surface area contributed by atoms with Gasteiger partial charge in [-0.15, -0.1) is 0 Å². The third-order valence-corrected chi connectivity index (χ3v) is 6.20. The smallest absolute Gasteiger partial charge is 0.336 e. The Labute approximate surface area is 189 Å². The summed E-state index contributed by atoms with van der Waals surface area (Å²) in [6.07, 6.45) is 1.99. The molecule has 1 N–H and O–H groups in total. The fraction of sp³-hybridized carbons (Fsp3) is 0.333. The number of methoxy groups -OCH3 is 1. The first-order valence-electron chi connectivity index (χ1n) is 11.1. The molecule has 4 rings (SSSR count). The quantitative estimate of drug-likeness (QED) is 0.652. The van der Waals surface area contributed by atoms with Crippen LogP contribution in [-0.2, 0) is 14.3 Å². The van der Waals surface area contributed by atoms with Gasteiger partial charge in [0.15, 0.2) is 5.78 Å². The molecule has 2 aromatic rings. The monoisotopic (exact) mass is 431 g/mol. The summed E-state index contributed by atoms with van der Waals surface area (Å²) in [6, 6.07) is 17.8. The fourth-order valence-electron chi connectivity index (χ4n) is 4.75. The second-order valence-corrected chi connectivity index (χ2v) is 8.31. The SMILES string of the molecule is CCCOc1ccccc1[C@H]1C(C(=O)OC)=C(C)NC2=C1C(=O)C[C@H](c1ccccc1)C2. The number of allylic oxidation sites excluding steroid dienone is 3. The lowest BCUT2D eigenvalue weighted by Crippen LogP contribution is -2.36. The molecule has 0 radical (unpaired) electrons. The standard InChI is InChI=1S/C27H29NO4/c1-4-14-32-23-13-9-8-12-20(23)25-24(27(30)31-3)17(2)28-21-15-19(16-22(29)26(21)25)18-10-6-5-7-11-18/h5-13,19,25,28H,4,14-16H2,1-3H3/t19-,25+/m1/s1. The van der Waals surface area contributed by atoms with Gasteiger partial charge in [-0.05, 0) is 37.3 Å². The number of rotatable bonds is 6. The molecule has 0 unspecified atom stereocenters. The van der Waals surface area contributed by atoms with Crippen LogP contribution < -0.4 is 10.1 Å². The van der Waals surface area contributed by atoms with Crippen LogP contribution in [0.1, 0.15) is 56.1 Å². The minimum atomic E-state index is -0.518. The Morgan fingerprint density at radius 3 is 2.50 bits per heavy atom. The maximum Gasteiger partial charge on any atom is 0.336 e. The summed E-state index contributed by atoms with van der Waals surface area (Å²) in [4.78, 5) is 26.4. The number of carbonyl (C=O) groups excluding carboxylic acids is 2. The molecule has 0 saturated carbocycles. The van der Waals surface area contributed by atoms with Gasteiger partial charge in [-0.2, -0.15) is 0 Å². The van der Waals surface area contributed by atoms with Crippen LogP contribution in [0.4, 0.5) is 0 Å². The molecule has 0 fully saturated rings. The number of hydrogen-bond donors (Lipinski definition) is 1. The predicted octanol–water partition coefficient (Wildman–Crippen LogP) is 5.01. The third kappa shape index (κ3) is 4.07. The average molecular weight is 432 g/mol. The summed E-state index contributed by atoms with van der Waals surface area (Å²) in [5.74, 6) is -0.0995. The molecule has 1 aliphatic carbocycles. The van der Waals surface area contributed by atoms with E-state index >= 15 is 0 Å². The number of esters is 1. The van der Waals surface area contributed by atoms with E-state index in [0.29, 0.717) is 42.0 Å². The summed E-state index contributed by atoms with van der Waals surface area (Å²) in [5, 5.41) is 3.37. The lowest BCUT2D eigenvalue weighted by Gasteiger charge is -2.37. The lowest BCUT2D eigenvalue weighted by atomic mass is 9.71. The number of benzene rings is 2. The zero-order valence-corrected chi connectivity index (χ0v) is 18.8. The van der Waals surface area contributed by atoms with Crippen molar-refractivity contribution in [2.75, 3.05) is 13.7 Å². The first-order chi connectivity index (χ1) is 15.5. The van der Waals surface area contributed by atoms with Crippen molar-refractivity contribution in [2.45, 2.75) is 44.9 Å². The topological polar surface area (TPSA) is 64.6 Å². The number of ketones is 1. The lowest BCUT2D eigenvalue weighted by molar-refractivity contribution is -0.136. The van der Waals surface area contributed by atoms with Gasteiger partial charge in [-0.25, -0.2) is 4.79 Å². The van der Waals surface area contributed by atoms with E-state index in [-0.39, 0.29) is 11.7 Å². The van der Waals surface area contributed by atoms with E-state index in [1.54, 1.807) is 0 Å². The molecule has 5 nitrogen and oxygen atoms in total. The van der Waals surface area contributed by atoms with Gasteiger partial charge in [-0.3, -0.25) is 4.79 Å². The molecule has 1 heterocycles. The van der Waals surface area contributed by atoms with Gasteiger partial charge < -0.3 is 14.8 Å². The normalized spacial score (nSPS) is 20.5. The highest BCUT2D eigenvalue weighted by Gasteiger charge is 2.42. The molecule has 0 bridgehead atoms. The molecule has 2 aromatic carbocycles.